The molecule has 0 heterocycles. The van der Waals surface area contributed by atoms with Crippen LogP contribution in [0.15, 0.2) is 24.3 Å². The average molecular weight is 219 g/mol. The summed E-state index contributed by atoms with van der Waals surface area (Å²) in [6, 6.07) is 9.30. The van der Waals surface area contributed by atoms with Gasteiger partial charge in [-0.15, -0.1) is 0 Å². The second-order valence-corrected chi connectivity index (χ2v) is 5.13. The van der Waals surface area contributed by atoms with Gasteiger partial charge in [-0.1, -0.05) is 45.0 Å². The van der Waals surface area contributed by atoms with Gasteiger partial charge in [-0.25, -0.2) is 0 Å². The molecule has 0 saturated heterocycles. The topological polar surface area (TPSA) is 12.0 Å². The molecular weight excluding hydrogens is 194 g/mol. The van der Waals surface area contributed by atoms with Crippen molar-refractivity contribution in [3.63, 3.8) is 0 Å². The zero-order chi connectivity index (χ0) is 12.0. The van der Waals surface area contributed by atoms with Crippen molar-refractivity contribution in [3.05, 3.63) is 35.4 Å². The van der Waals surface area contributed by atoms with Crippen LogP contribution in [-0.2, 0) is 6.42 Å². The molecule has 90 valence electrons. The second kappa shape index (κ2) is 6.70. The first-order valence-electron chi connectivity index (χ1n) is 6.37. The summed E-state index contributed by atoms with van der Waals surface area (Å²) >= 11 is 0. The molecule has 1 rings (SSSR count). The number of hydrogen-bond donors (Lipinski definition) is 1. The monoisotopic (exact) mass is 219 g/mol. The third-order valence-corrected chi connectivity index (χ3v) is 3.04. The van der Waals surface area contributed by atoms with Crippen molar-refractivity contribution in [2.24, 2.45) is 5.92 Å². The van der Waals surface area contributed by atoms with Gasteiger partial charge in [0.2, 0.25) is 0 Å². The van der Waals surface area contributed by atoms with Gasteiger partial charge in [0.1, 0.15) is 0 Å². The van der Waals surface area contributed by atoms with Gasteiger partial charge in [-0.3, -0.25) is 0 Å². The van der Waals surface area contributed by atoms with Crippen LogP contribution in [-0.4, -0.2) is 12.6 Å². The summed E-state index contributed by atoms with van der Waals surface area (Å²) in [4.78, 5) is 0. The average Bonchev–Trinajstić information content (AvgIpc) is 2.25. The van der Waals surface area contributed by atoms with Crippen LogP contribution in [0.2, 0.25) is 0 Å². The van der Waals surface area contributed by atoms with E-state index in [0.717, 1.165) is 12.5 Å². The minimum Gasteiger partial charge on any atom is -0.314 e. The summed E-state index contributed by atoms with van der Waals surface area (Å²) in [6.07, 6.45) is 2.47. The predicted octanol–water partition coefficient (Wildman–Crippen LogP) is 3.56. The van der Waals surface area contributed by atoms with Crippen molar-refractivity contribution in [2.75, 3.05) is 6.54 Å². The van der Waals surface area contributed by atoms with E-state index in [1.165, 1.54) is 24.0 Å². The highest BCUT2D eigenvalue weighted by Gasteiger charge is 2.04. The molecule has 0 fully saturated rings. The van der Waals surface area contributed by atoms with E-state index < -0.39 is 0 Å². The summed E-state index contributed by atoms with van der Waals surface area (Å²) in [6.45, 7) is 10.1. The van der Waals surface area contributed by atoms with Crippen molar-refractivity contribution >= 4 is 0 Å². The highest BCUT2D eigenvalue weighted by Crippen LogP contribution is 2.13. The van der Waals surface area contributed by atoms with Crippen LogP contribution in [0.25, 0.3) is 0 Å². The minimum absolute atomic E-state index is 0.598. The Kier molecular flexibility index (Phi) is 5.54. The molecular formula is C15H25N. The molecule has 0 aliphatic carbocycles. The van der Waals surface area contributed by atoms with E-state index in [0.29, 0.717) is 6.04 Å². The summed E-state index contributed by atoms with van der Waals surface area (Å²) in [5, 5.41) is 3.50. The fraction of sp³-hybridized carbons (Fsp3) is 0.600. The Hall–Kier alpha value is -0.820. The number of nitrogens with one attached hydrogen (secondary N) is 1. The van der Waals surface area contributed by atoms with Crippen LogP contribution in [0.4, 0.5) is 0 Å². The van der Waals surface area contributed by atoms with Crippen molar-refractivity contribution in [3.8, 4) is 0 Å². The molecule has 0 aliphatic heterocycles. The quantitative estimate of drug-likeness (QED) is 0.771. The Morgan fingerprint density at radius 2 is 1.81 bits per heavy atom. The van der Waals surface area contributed by atoms with E-state index in [-0.39, 0.29) is 0 Å². The van der Waals surface area contributed by atoms with Crippen molar-refractivity contribution in [2.45, 2.75) is 46.6 Å². The molecule has 0 saturated carbocycles. The largest absolute Gasteiger partial charge is 0.314 e. The van der Waals surface area contributed by atoms with Gasteiger partial charge in [-0.2, -0.15) is 0 Å². The third-order valence-electron chi connectivity index (χ3n) is 3.04. The van der Waals surface area contributed by atoms with Gasteiger partial charge in [0, 0.05) is 6.04 Å². The molecule has 0 radical (unpaired) electrons. The third kappa shape index (κ3) is 4.80. The molecule has 0 aliphatic rings. The first kappa shape index (κ1) is 13.2. The van der Waals surface area contributed by atoms with Gasteiger partial charge < -0.3 is 5.32 Å². The smallest absolute Gasteiger partial charge is 0.00104 e. The zero-order valence-electron chi connectivity index (χ0n) is 11.1. The predicted molar refractivity (Wildman–Crippen MR) is 71.8 cm³/mol. The second-order valence-electron chi connectivity index (χ2n) is 5.13. The summed E-state index contributed by atoms with van der Waals surface area (Å²) in [7, 11) is 0. The molecule has 0 bridgehead atoms. The first-order valence-corrected chi connectivity index (χ1v) is 6.37. The van der Waals surface area contributed by atoms with Crippen LogP contribution >= 0.6 is 0 Å². The molecule has 1 aromatic carbocycles. The van der Waals surface area contributed by atoms with Crippen LogP contribution in [0, 0.1) is 12.8 Å². The first-order chi connectivity index (χ1) is 7.59. The maximum atomic E-state index is 3.50. The maximum absolute atomic E-state index is 3.50. The van der Waals surface area contributed by atoms with Crippen molar-refractivity contribution in [1.82, 2.24) is 5.32 Å². The lowest BCUT2D eigenvalue weighted by Crippen LogP contribution is -2.28. The summed E-state index contributed by atoms with van der Waals surface area (Å²) in [5.41, 5.74) is 2.92. The van der Waals surface area contributed by atoms with E-state index in [1.54, 1.807) is 0 Å². The highest BCUT2D eigenvalue weighted by molar-refractivity contribution is 5.25. The molecule has 1 aromatic rings. The lowest BCUT2D eigenvalue weighted by molar-refractivity contribution is 0.453. The molecule has 0 spiro atoms. The standard InChI is InChI=1S/C15H25N/c1-12(2)16-11-13(3)9-10-15-8-6-5-7-14(15)4/h5-8,12-13,16H,9-11H2,1-4H3. The summed E-state index contributed by atoms with van der Waals surface area (Å²) in [5.74, 6) is 0.752. The molecule has 16 heavy (non-hydrogen) atoms. The molecule has 1 N–H and O–H groups in total. The molecule has 0 amide bonds. The van der Waals surface area contributed by atoms with Crippen LogP contribution in [0.1, 0.15) is 38.3 Å². The zero-order valence-corrected chi connectivity index (χ0v) is 11.1. The van der Waals surface area contributed by atoms with E-state index in [9.17, 15) is 0 Å². The van der Waals surface area contributed by atoms with E-state index in [2.05, 4.69) is 57.3 Å². The summed E-state index contributed by atoms with van der Waals surface area (Å²) < 4.78 is 0. The van der Waals surface area contributed by atoms with Crippen LogP contribution < -0.4 is 5.32 Å². The Labute approximate surface area is 100 Å². The normalized spacial score (nSPS) is 13.1. The van der Waals surface area contributed by atoms with Crippen molar-refractivity contribution < 1.29 is 0 Å². The minimum atomic E-state index is 0.598. The van der Waals surface area contributed by atoms with Gasteiger partial charge in [-0.05, 0) is 43.4 Å². The Bertz CT molecular complexity index is 304. The SMILES string of the molecule is Cc1ccccc1CCC(C)CNC(C)C. The van der Waals surface area contributed by atoms with E-state index in [4.69, 9.17) is 0 Å². The highest BCUT2D eigenvalue weighted by atomic mass is 14.9. The fourth-order valence-corrected chi connectivity index (χ4v) is 1.83. The molecule has 0 aromatic heterocycles. The van der Waals surface area contributed by atoms with Gasteiger partial charge in [0.05, 0.1) is 0 Å². The lowest BCUT2D eigenvalue weighted by Gasteiger charge is -2.15. The van der Waals surface area contributed by atoms with Crippen molar-refractivity contribution in [1.29, 1.82) is 0 Å². The van der Waals surface area contributed by atoms with Crippen LogP contribution in [0.3, 0.4) is 0 Å². The van der Waals surface area contributed by atoms with Gasteiger partial charge in [0.25, 0.3) is 0 Å². The Balaban J connectivity index is 2.31. The van der Waals surface area contributed by atoms with E-state index >= 15 is 0 Å². The van der Waals surface area contributed by atoms with Gasteiger partial charge >= 0.3 is 0 Å². The molecule has 1 nitrogen and oxygen atoms in total. The molecule has 1 heteroatoms. The van der Waals surface area contributed by atoms with Crippen LogP contribution in [0.5, 0.6) is 0 Å². The Morgan fingerprint density at radius 1 is 1.12 bits per heavy atom. The number of benzene rings is 1. The lowest BCUT2D eigenvalue weighted by atomic mass is 9.98. The maximum Gasteiger partial charge on any atom is 0.00104 e. The molecule has 1 atom stereocenters. The van der Waals surface area contributed by atoms with E-state index in [1.807, 2.05) is 0 Å². The number of hydrogen-bond acceptors (Lipinski definition) is 1. The number of rotatable bonds is 6. The fourth-order valence-electron chi connectivity index (χ4n) is 1.83. The molecule has 1 unspecified atom stereocenters. The number of aryl methyl sites for hydroxylation is 2. The van der Waals surface area contributed by atoms with Gasteiger partial charge in [0.15, 0.2) is 0 Å². The Morgan fingerprint density at radius 3 is 2.44 bits per heavy atom.